The van der Waals surface area contributed by atoms with E-state index in [1.54, 1.807) is 6.92 Å². The fourth-order valence-corrected chi connectivity index (χ4v) is 3.09. The summed E-state index contributed by atoms with van der Waals surface area (Å²) in [5, 5.41) is 8.86. The zero-order chi connectivity index (χ0) is 15.5. The molecule has 0 atom stereocenters. The molecule has 0 aromatic heterocycles. The molecular weight excluding hydrogens is 286 g/mol. The van der Waals surface area contributed by atoms with Gasteiger partial charge in [-0.3, -0.25) is 0 Å². The summed E-state index contributed by atoms with van der Waals surface area (Å²) in [6.45, 7) is 1.75. The van der Waals surface area contributed by atoms with Crippen LogP contribution in [-0.4, -0.2) is 45.2 Å². The fourth-order valence-electron chi connectivity index (χ4n) is 1.80. The first-order valence-electron chi connectivity index (χ1n) is 5.76. The average molecular weight is 303 g/mol. The minimum atomic E-state index is -4.14. The zero-order valence-electron chi connectivity index (χ0n) is 11.7. The molecule has 20 heavy (non-hydrogen) atoms. The van der Waals surface area contributed by atoms with Crippen molar-refractivity contribution in [1.29, 1.82) is 0 Å². The van der Waals surface area contributed by atoms with Gasteiger partial charge in [0.15, 0.2) is 11.5 Å². The van der Waals surface area contributed by atoms with Crippen LogP contribution in [-0.2, 0) is 16.4 Å². The highest BCUT2D eigenvalue weighted by molar-refractivity contribution is 7.89. The van der Waals surface area contributed by atoms with Gasteiger partial charge in [0.2, 0.25) is 0 Å². The molecule has 0 saturated heterocycles. The average Bonchev–Trinajstić information content (AvgIpc) is 2.43. The van der Waals surface area contributed by atoms with Gasteiger partial charge in [0.25, 0.3) is 10.0 Å². The second-order valence-electron chi connectivity index (χ2n) is 3.89. The summed E-state index contributed by atoms with van der Waals surface area (Å²) in [5.74, 6) is 0.677. The number of benzene rings is 1. The maximum absolute atomic E-state index is 12.3. The van der Waals surface area contributed by atoms with Crippen LogP contribution in [0.2, 0.25) is 0 Å². The highest BCUT2D eigenvalue weighted by Gasteiger charge is 2.29. The molecule has 0 aliphatic heterocycles. The summed E-state index contributed by atoms with van der Waals surface area (Å²) < 4.78 is 35.1. The van der Waals surface area contributed by atoms with Gasteiger partial charge in [-0.2, -0.15) is 0 Å². The normalized spacial score (nSPS) is 11.0. The smallest absolute Gasteiger partial charge is 0.421 e. The Morgan fingerprint density at radius 3 is 2.30 bits per heavy atom. The van der Waals surface area contributed by atoms with Crippen molar-refractivity contribution in [3.63, 3.8) is 0 Å². The largest absolute Gasteiger partial charge is 0.493 e. The lowest BCUT2D eigenvalue weighted by atomic mass is 10.1. The van der Waals surface area contributed by atoms with E-state index in [1.807, 2.05) is 0 Å². The third-order valence-electron chi connectivity index (χ3n) is 2.87. The Morgan fingerprint density at radius 1 is 1.30 bits per heavy atom. The number of hydrogen-bond donors (Lipinski definition) is 1. The summed E-state index contributed by atoms with van der Waals surface area (Å²) >= 11 is 0. The summed E-state index contributed by atoms with van der Waals surface area (Å²) in [7, 11) is -0.324. The molecule has 0 heterocycles. The maximum atomic E-state index is 12.3. The van der Waals surface area contributed by atoms with E-state index in [0.717, 1.165) is 7.05 Å². The molecule has 0 unspecified atom stereocenters. The van der Waals surface area contributed by atoms with Gasteiger partial charge < -0.3 is 14.6 Å². The van der Waals surface area contributed by atoms with Crippen molar-refractivity contribution in [2.75, 3.05) is 21.3 Å². The van der Waals surface area contributed by atoms with Gasteiger partial charge in [0.05, 0.1) is 19.1 Å². The van der Waals surface area contributed by atoms with Gasteiger partial charge in [-0.15, -0.1) is 0 Å². The number of carboxylic acid groups (broad SMARTS) is 1. The SMILES string of the molecule is CCc1c(S(=O)(=O)N(C)C(=O)O)ccc(OC)c1OC. The first-order valence-corrected chi connectivity index (χ1v) is 7.20. The summed E-state index contributed by atoms with van der Waals surface area (Å²) in [5.41, 5.74) is 0.375. The van der Waals surface area contributed by atoms with Crippen LogP contribution >= 0.6 is 0 Å². The van der Waals surface area contributed by atoms with Gasteiger partial charge >= 0.3 is 6.09 Å². The lowest BCUT2D eigenvalue weighted by Crippen LogP contribution is -2.32. The Bertz CT molecular complexity index is 611. The minimum absolute atomic E-state index is 0.109. The summed E-state index contributed by atoms with van der Waals surface area (Å²) in [6.07, 6.45) is -1.20. The van der Waals surface area contributed by atoms with Gasteiger partial charge in [-0.05, 0) is 18.6 Å². The molecule has 8 heteroatoms. The van der Waals surface area contributed by atoms with E-state index in [2.05, 4.69) is 0 Å². The standard InChI is InChI=1S/C12H17NO6S/c1-5-8-10(20(16,17)13(2)12(14)15)7-6-9(18-3)11(8)19-4/h6-7H,5H2,1-4H3,(H,14,15). The van der Waals surface area contributed by atoms with E-state index in [-0.39, 0.29) is 15.0 Å². The van der Waals surface area contributed by atoms with Crippen molar-refractivity contribution >= 4 is 16.1 Å². The lowest BCUT2D eigenvalue weighted by molar-refractivity contribution is 0.178. The van der Waals surface area contributed by atoms with Gasteiger partial charge in [0, 0.05) is 12.6 Å². The molecule has 1 rings (SSSR count). The van der Waals surface area contributed by atoms with Crippen LogP contribution < -0.4 is 9.47 Å². The van der Waals surface area contributed by atoms with E-state index in [1.165, 1.54) is 26.4 Å². The first-order chi connectivity index (χ1) is 9.31. The predicted molar refractivity (Wildman–Crippen MR) is 71.9 cm³/mol. The highest BCUT2D eigenvalue weighted by Crippen LogP contribution is 2.36. The Labute approximate surface area is 117 Å². The molecule has 0 aliphatic rings. The molecule has 0 spiro atoms. The van der Waals surface area contributed by atoms with Gasteiger partial charge in [-0.25, -0.2) is 17.5 Å². The van der Waals surface area contributed by atoms with E-state index in [4.69, 9.17) is 14.6 Å². The molecule has 0 saturated carbocycles. The topological polar surface area (TPSA) is 93.1 Å². The highest BCUT2D eigenvalue weighted by atomic mass is 32.2. The number of rotatable bonds is 5. The molecule has 112 valence electrons. The monoisotopic (exact) mass is 303 g/mol. The lowest BCUT2D eigenvalue weighted by Gasteiger charge is -2.19. The number of ether oxygens (including phenoxy) is 2. The molecule has 1 N–H and O–H groups in total. The van der Waals surface area contributed by atoms with E-state index < -0.39 is 16.1 Å². The molecule has 1 amide bonds. The Hall–Kier alpha value is -1.96. The second kappa shape index (κ2) is 6.00. The fraction of sp³-hybridized carbons (Fsp3) is 0.417. The van der Waals surface area contributed by atoms with Crippen LogP contribution in [0, 0.1) is 0 Å². The third-order valence-corrected chi connectivity index (χ3v) is 4.68. The van der Waals surface area contributed by atoms with Gasteiger partial charge in [-0.1, -0.05) is 6.92 Å². The number of carbonyl (C=O) groups is 1. The third kappa shape index (κ3) is 2.64. The minimum Gasteiger partial charge on any atom is -0.493 e. The zero-order valence-corrected chi connectivity index (χ0v) is 12.5. The number of amides is 1. The molecule has 7 nitrogen and oxygen atoms in total. The number of sulfonamides is 1. The van der Waals surface area contributed by atoms with E-state index >= 15 is 0 Å². The molecule has 0 aliphatic carbocycles. The van der Waals surface area contributed by atoms with Crippen LogP contribution in [0.5, 0.6) is 11.5 Å². The Kier molecular flexibility index (Phi) is 4.83. The summed E-state index contributed by atoms with van der Waals surface area (Å²) in [4.78, 5) is 10.8. The quantitative estimate of drug-likeness (QED) is 0.887. The van der Waals surface area contributed by atoms with Crippen LogP contribution in [0.4, 0.5) is 4.79 Å². The molecule has 1 aromatic rings. The van der Waals surface area contributed by atoms with Crippen molar-refractivity contribution in [3.05, 3.63) is 17.7 Å². The first kappa shape index (κ1) is 16.1. The van der Waals surface area contributed by atoms with Crippen molar-refractivity contribution in [2.45, 2.75) is 18.2 Å². The molecule has 1 aromatic carbocycles. The Balaban J connectivity index is 3.58. The van der Waals surface area contributed by atoms with E-state index in [9.17, 15) is 13.2 Å². The van der Waals surface area contributed by atoms with Crippen molar-refractivity contribution in [3.8, 4) is 11.5 Å². The molecule has 0 radical (unpaired) electrons. The molecular formula is C12H17NO6S. The van der Waals surface area contributed by atoms with E-state index in [0.29, 0.717) is 17.7 Å². The van der Waals surface area contributed by atoms with Gasteiger partial charge in [0.1, 0.15) is 0 Å². The molecule has 0 bridgehead atoms. The molecule has 0 fully saturated rings. The van der Waals surface area contributed by atoms with Crippen molar-refractivity contribution < 1.29 is 27.8 Å². The second-order valence-corrected chi connectivity index (χ2v) is 5.82. The van der Waals surface area contributed by atoms with Crippen LogP contribution in [0.25, 0.3) is 0 Å². The maximum Gasteiger partial charge on any atom is 0.421 e. The Morgan fingerprint density at radius 2 is 1.90 bits per heavy atom. The van der Waals surface area contributed by atoms with Crippen LogP contribution in [0.1, 0.15) is 12.5 Å². The predicted octanol–water partition coefficient (Wildman–Crippen LogP) is 1.56. The summed E-state index contributed by atoms with van der Waals surface area (Å²) in [6, 6.07) is 2.75. The number of methoxy groups -OCH3 is 2. The van der Waals surface area contributed by atoms with Crippen LogP contribution in [0.3, 0.4) is 0 Å². The van der Waals surface area contributed by atoms with Crippen molar-refractivity contribution in [2.24, 2.45) is 0 Å². The van der Waals surface area contributed by atoms with Crippen molar-refractivity contribution in [1.82, 2.24) is 4.31 Å². The van der Waals surface area contributed by atoms with Crippen LogP contribution in [0.15, 0.2) is 17.0 Å². The number of nitrogens with zero attached hydrogens (tertiary/aromatic N) is 1. The number of hydrogen-bond acceptors (Lipinski definition) is 5.